The van der Waals surface area contributed by atoms with Gasteiger partial charge in [-0.25, -0.2) is 0 Å². The number of rotatable bonds is 5. The lowest BCUT2D eigenvalue weighted by molar-refractivity contribution is 0.163. The summed E-state index contributed by atoms with van der Waals surface area (Å²) >= 11 is 1.82. The van der Waals surface area contributed by atoms with E-state index in [0.29, 0.717) is 12.1 Å². The highest BCUT2D eigenvalue weighted by Crippen LogP contribution is 2.31. The highest BCUT2D eigenvalue weighted by Gasteiger charge is 2.26. The first kappa shape index (κ1) is 13.7. The van der Waals surface area contributed by atoms with E-state index >= 15 is 0 Å². The van der Waals surface area contributed by atoms with Gasteiger partial charge in [0.05, 0.1) is 6.04 Å². The maximum atomic E-state index is 6.16. The lowest BCUT2D eigenvalue weighted by Crippen LogP contribution is -2.41. The molecular formula is C13H24N2S. The molecule has 0 aliphatic heterocycles. The molecule has 0 radical (unpaired) electrons. The van der Waals surface area contributed by atoms with Crippen LogP contribution in [0.2, 0.25) is 0 Å². The van der Waals surface area contributed by atoms with Crippen LogP contribution >= 0.6 is 11.3 Å². The van der Waals surface area contributed by atoms with Crippen molar-refractivity contribution in [2.75, 3.05) is 7.05 Å². The monoisotopic (exact) mass is 240 g/mol. The number of likely N-dealkylation sites (N-methyl/N-ethyl adjacent to an activating group) is 1. The molecule has 92 valence electrons. The van der Waals surface area contributed by atoms with Crippen LogP contribution in [0.15, 0.2) is 11.4 Å². The Labute approximate surface area is 103 Å². The molecule has 0 spiro atoms. The average Bonchev–Trinajstić information content (AvgIpc) is 2.63. The van der Waals surface area contributed by atoms with E-state index in [-0.39, 0.29) is 6.04 Å². The minimum absolute atomic E-state index is 0.163. The van der Waals surface area contributed by atoms with Crippen molar-refractivity contribution in [2.45, 2.75) is 52.2 Å². The molecule has 3 atom stereocenters. The molecule has 0 amide bonds. The van der Waals surface area contributed by atoms with Gasteiger partial charge in [0.15, 0.2) is 0 Å². The number of nitrogens with zero attached hydrogens (tertiary/aromatic N) is 1. The molecule has 1 aromatic heterocycles. The van der Waals surface area contributed by atoms with Gasteiger partial charge in [-0.1, -0.05) is 6.92 Å². The second-order valence-corrected chi connectivity index (χ2v) is 5.64. The van der Waals surface area contributed by atoms with Crippen LogP contribution in [0.3, 0.4) is 0 Å². The Bertz CT molecular complexity index is 319. The van der Waals surface area contributed by atoms with E-state index in [2.05, 4.69) is 51.1 Å². The normalized spacial score (nSPS) is 17.4. The highest BCUT2D eigenvalue weighted by molar-refractivity contribution is 7.10. The molecule has 1 rings (SSSR count). The van der Waals surface area contributed by atoms with Gasteiger partial charge < -0.3 is 5.73 Å². The second-order valence-electron chi connectivity index (χ2n) is 4.69. The van der Waals surface area contributed by atoms with Gasteiger partial charge >= 0.3 is 0 Å². The number of hydrogen-bond acceptors (Lipinski definition) is 3. The highest BCUT2D eigenvalue weighted by atomic mass is 32.1. The third-order valence-corrected chi connectivity index (χ3v) is 4.48. The quantitative estimate of drug-likeness (QED) is 0.856. The summed E-state index contributed by atoms with van der Waals surface area (Å²) in [5.41, 5.74) is 7.52. The first-order chi connectivity index (χ1) is 7.49. The summed E-state index contributed by atoms with van der Waals surface area (Å²) in [6.45, 7) is 8.76. The van der Waals surface area contributed by atoms with E-state index in [9.17, 15) is 0 Å². The molecule has 3 heteroatoms. The van der Waals surface area contributed by atoms with Gasteiger partial charge in [0.25, 0.3) is 0 Å². The summed E-state index contributed by atoms with van der Waals surface area (Å²) in [5, 5.41) is 2.16. The number of hydrogen-bond donors (Lipinski definition) is 1. The van der Waals surface area contributed by atoms with E-state index in [1.807, 2.05) is 11.3 Å². The molecule has 0 fully saturated rings. The number of thiophene rings is 1. The van der Waals surface area contributed by atoms with Crippen molar-refractivity contribution >= 4 is 11.3 Å². The molecule has 0 saturated heterocycles. The van der Waals surface area contributed by atoms with Gasteiger partial charge in [-0.3, -0.25) is 4.90 Å². The van der Waals surface area contributed by atoms with Crippen molar-refractivity contribution in [3.63, 3.8) is 0 Å². The minimum atomic E-state index is 0.163. The zero-order valence-electron chi connectivity index (χ0n) is 11.0. The molecule has 0 bridgehead atoms. The fraction of sp³-hybridized carbons (Fsp3) is 0.692. The molecular weight excluding hydrogens is 216 g/mol. The molecule has 16 heavy (non-hydrogen) atoms. The molecule has 0 saturated carbocycles. The molecule has 1 heterocycles. The van der Waals surface area contributed by atoms with Crippen molar-refractivity contribution in [1.29, 1.82) is 0 Å². The molecule has 1 aromatic rings. The Kier molecular flexibility index (Phi) is 4.96. The second kappa shape index (κ2) is 5.80. The van der Waals surface area contributed by atoms with Crippen molar-refractivity contribution in [3.8, 4) is 0 Å². The van der Waals surface area contributed by atoms with Gasteiger partial charge in [0, 0.05) is 17.0 Å². The molecule has 3 unspecified atom stereocenters. The predicted molar refractivity (Wildman–Crippen MR) is 73.0 cm³/mol. The van der Waals surface area contributed by atoms with E-state index in [1.54, 1.807) is 0 Å². The van der Waals surface area contributed by atoms with Crippen LogP contribution in [-0.2, 0) is 0 Å². The largest absolute Gasteiger partial charge is 0.326 e. The summed E-state index contributed by atoms with van der Waals surface area (Å²) in [6, 6.07) is 3.25. The van der Waals surface area contributed by atoms with Crippen molar-refractivity contribution in [1.82, 2.24) is 4.90 Å². The van der Waals surface area contributed by atoms with Crippen molar-refractivity contribution in [3.05, 3.63) is 21.9 Å². The molecule has 0 aliphatic carbocycles. The van der Waals surface area contributed by atoms with E-state index in [4.69, 9.17) is 5.73 Å². The van der Waals surface area contributed by atoms with Crippen LogP contribution in [0.5, 0.6) is 0 Å². The standard InChI is InChI=1S/C13H24N2S/c1-6-10(3)15(5)12(11(4)14)13-9(2)7-8-16-13/h7-8,10-12H,6,14H2,1-5H3. The SMILES string of the molecule is CCC(C)N(C)C(c1sccc1C)C(C)N. The Morgan fingerprint density at radius 3 is 2.44 bits per heavy atom. The summed E-state index contributed by atoms with van der Waals surface area (Å²) in [7, 11) is 2.18. The lowest BCUT2D eigenvalue weighted by atomic mass is 10.0. The predicted octanol–water partition coefficient (Wildman–Crippen LogP) is 3.18. The first-order valence-electron chi connectivity index (χ1n) is 6.00. The Hall–Kier alpha value is -0.380. The average molecular weight is 240 g/mol. The Morgan fingerprint density at radius 2 is 2.06 bits per heavy atom. The van der Waals surface area contributed by atoms with Crippen LogP contribution in [-0.4, -0.2) is 24.0 Å². The smallest absolute Gasteiger partial charge is 0.0593 e. The van der Waals surface area contributed by atoms with Gasteiger partial charge in [0.2, 0.25) is 0 Å². The fourth-order valence-corrected chi connectivity index (χ4v) is 3.24. The van der Waals surface area contributed by atoms with Crippen LogP contribution in [0, 0.1) is 6.92 Å². The van der Waals surface area contributed by atoms with Gasteiger partial charge in [-0.15, -0.1) is 11.3 Å². The van der Waals surface area contributed by atoms with Crippen LogP contribution in [0.4, 0.5) is 0 Å². The van der Waals surface area contributed by atoms with Crippen molar-refractivity contribution in [2.24, 2.45) is 5.73 Å². The summed E-state index contributed by atoms with van der Waals surface area (Å²) in [4.78, 5) is 3.82. The molecule has 0 aliphatic rings. The van der Waals surface area contributed by atoms with Crippen molar-refractivity contribution < 1.29 is 0 Å². The fourth-order valence-electron chi connectivity index (χ4n) is 2.04. The summed E-state index contributed by atoms with van der Waals surface area (Å²) < 4.78 is 0. The van der Waals surface area contributed by atoms with E-state index in [0.717, 1.165) is 6.42 Å². The lowest BCUT2D eigenvalue weighted by Gasteiger charge is -2.35. The summed E-state index contributed by atoms with van der Waals surface area (Å²) in [5.74, 6) is 0. The third kappa shape index (κ3) is 2.84. The third-order valence-electron chi connectivity index (χ3n) is 3.39. The van der Waals surface area contributed by atoms with Crippen LogP contribution in [0.25, 0.3) is 0 Å². The van der Waals surface area contributed by atoms with E-state index < -0.39 is 0 Å². The zero-order chi connectivity index (χ0) is 12.3. The zero-order valence-corrected chi connectivity index (χ0v) is 11.8. The van der Waals surface area contributed by atoms with Crippen LogP contribution < -0.4 is 5.73 Å². The van der Waals surface area contributed by atoms with Crippen LogP contribution in [0.1, 0.15) is 43.7 Å². The number of nitrogens with two attached hydrogens (primary N) is 1. The first-order valence-corrected chi connectivity index (χ1v) is 6.88. The Balaban J connectivity index is 2.96. The molecule has 2 nitrogen and oxygen atoms in total. The van der Waals surface area contributed by atoms with Gasteiger partial charge in [-0.2, -0.15) is 0 Å². The van der Waals surface area contributed by atoms with E-state index in [1.165, 1.54) is 10.4 Å². The van der Waals surface area contributed by atoms with Gasteiger partial charge in [0.1, 0.15) is 0 Å². The minimum Gasteiger partial charge on any atom is -0.326 e. The molecule has 0 aromatic carbocycles. The summed E-state index contributed by atoms with van der Waals surface area (Å²) in [6.07, 6.45) is 1.16. The molecule has 2 N–H and O–H groups in total. The number of aryl methyl sites for hydroxylation is 1. The maximum absolute atomic E-state index is 6.16. The maximum Gasteiger partial charge on any atom is 0.0593 e. The topological polar surface area (TPSA) is 29.3 Å². The van der Waals surface area contributed by atoms with Gasteiger partial charge in [-0.05, 0) is 51.2 Å². The Morgan fingerprint density at radius 1 is 1.44 bits per heavy atom.